The lowest BCUT2D eigenvalue weighted by molar-refractivity contribution is -0.113. The molecule has 0 aliphatic rings. The molecule has 29 heavy (non-hydrogen) atoms. The number of nitrogens with zero attached hydrogens (tertiary/aromatic N) is 3. The van der Waals surface area contributed by atoms with Crippen LogP contribution in [0.1, 0.15) is 13.8 Å². The summed E-state index contributed by atoms with van der Waals surface area (Å²) < 4.78 is 30.7. The second kappa shape index (κ2) is 8.83. The van der Waals surface area contributed by atoms with E-state index in [4.69, 9.17) is 4.42 Å². The fourth-order valence-corrected chi connectivity index (χ4v) is 4.06. The summed E-state index contributed by atoms with van der Waals surface area (Å²) in [6.07, 6.45) is 2.70. The first kappa shape index (κ1) is 21.1. The maximum atomic E-state index is 12.4. The SMILES string of the molecule is CC(C)Cn1c(SCC(=O)Nc2cccc(S(C)(=O)=O)c2)nnc1-c1ccco1. The van der Waals surface area contributed by atoms with Gasteiger partial charge in [-0.25, -0.2) is 8.42 Å². The van der Waals surface area contributed by atoms with Crippen LogP contribution < -0.4 is 5.32 Å². The van der Waals surface area contributed by atoms with Crippen LogP contribution in [0.25, 0.3) is 11.6 Å². The highest BCUT2D eigenvalue weighted by molar-refractivity contribution is 7.99. The van der Waals surface area contributed by atoms with E-state index >= 15 is 0 Å². The fourth-order valence-electron chi connectivity index (χ4n) is 2.64. The zero-order valence-electron chi connectivity index (χ0n) is 16.3. The van der Waals surface area contributed by atoms with Gasteiger partial charge in [0.1, 0.15) is 0 Å². The van der Waals surface area contributed by atoms with Gasteiger partial charge in [0, 0.05) is 18.5 Å². The number of aromatic nitrogens is 3. The molecule has 0 unspecified atom stereocenters. The molecule has 0 saturated heterocycles. The molecule has 0 aliphatic heterocycles. The minimum Gasteiger partial charge on any atom is -0.461 e. The van der Waals surface area contributed by atoms with Gasteiger partial charge in [0.2, 0.25) is 5.91 Å². The van der Waals surface area contributed by atoms with Gasteiger partial charge in [-0.1, -0.05) is 31.7 Å². The van der Waals surface area contributed by atoms with Gasteiger partial charge in [-0.05, 0) is 36.2 Å². The summed E-state index contributed by atoms with van der Waals surface area (Å²) in [5.41, 5.74) is 0.429. The second-order valence-corrected chi connectivity index (χ2v) is 9.88. The Hall–Kier alpha value is -2.59. The Labute approximate surface area is 173 Å². The first-order chi connectivity index (χ1) is 13.7. The van der Waals surface area contributed by atoms with E-state index in [2.05, 4.69) is 29.4 Å². The molecule has 154 valence electrons. The summed E-state index contributed by atoms with van der Waals surface area (Å²) in [6.45, 7) is 4.85. The van der Waals surface area contributed by atoms with Crippen molar-refractivity contribution in [2.75, 3.05) is 17.3 Å². The number of carbonyl (C=O) groups excluding carboxylic acids is 1. The molecule has 2 heterocycles. The van der Waals surface area contributed by atoms with Gasteiger partial charge in [0.25, 0.3) is 0 Å². The van der Waals surface area contributed by atoms with Gasteiger partial charge in [-0.15, -0.1) is 10.2 Å². The van der Waals surface area contributed by atoms with Crippen LogP contribution in [0.2, 0.25) is 0 Å². The highest BCUT2D eigenvalue weighted by Gasteiger charge is 2.18. The predicted molar refractivity (Wildman–Crippen MR) is 111 cm³/mol. The number of anilines is 1. The van der Waals surface area contributed by atoms with E-state index in [0.717, 1.165) is 6.26 Å². The van der Waals surface area contributed by atoms with E-state index in [1.54, 1.807) is 24.5 Å². The highest BCUT2D eigenvalue weighted by Crippen LogP contribution is 2.25. The Morgan fingerprint density at radius 1 is 1.24 bits per heavy atom. The molecule has 0 bridgehead atoms. The molecule has 8 nitrogen and oxygen atoms in total. The van der Waals surface area contributed by atoms with Crippen molar-refractivity contribution in [3.05, 3.63) is 42.7 Å². The van der Waals surface area contributed by atoms with Gasteiger partial charge in [-0.3, -0.25) is 9.36 Å². The first-order valence-electron chi connectivity index (χ1n) is 8.94. The summed E-state index contributed by atoms with van der Waals surface area (Å²) in [5.74, 6) is 1.43. The second-order valence-electron chi connectivity index (χ2n) is 6.92. The Kier molecular flexibility index (Phi) is 6.43. The third-order valence-electron chi connectivity index (χ3n) is 3.88. The van der Waals surface area contributed by atoms with Crippen molar-refractivity contribution in [2.24, 2.45) is 5.92 Å². The molecule has 1 aromatic carbocycles. The summed E-state index contributed by atoms with van der Waals surface area (Å²) in [4.78, 5) is 12.5. The standard InChI is InChI=1S/C19H22N4O4S2/c1-13(2)11-23-18(16-8-5-9-27-16)21-22-19(23)28-12-17(24)20-14-6-4-7-15(10-14)29(3,25)26/h4-10,13H,11-12H2,1-3H3,(H,20,24). The largest absolute Gasteiger partial charge is 0.461 e. The number of hydrogen-bond donors (Lipinski definition) is 1. The van der Waals surface area contributed by atoms with Gasteiger partial charge < -0.3 is 9.73 Å². The third-order valence-corrected chi connectivity index (χ3v) is 5.96. The lowest BCUT2D eigenvalue weighted by Crippen LogP contribution is -2.15. The number of sulfone groups is 1. The number of carbonyl (C=O) groups is 1. The van der Waals surface area contributed by atoms with Gasteiger partial charge in [0.05, 0.1) is 16.9 Å². The van der Waals surface area contributed by atoms with Gasteiger partial charge in [-0.2, -0.15) is 0 Å². The molecule has 0 saturated carbocycles. The molecular weight excluding hydrogens is 412 g/mol. The number of hydrogen-bond acceptors (Lipinski definition) is 7. The lowest BCUT2D eigenvalue weighted by atomic mass is 10.2. The van der Waals surface area contributed by atoms with Crippen molar-refractivity contribution >= 4 is 33.2 Å². The van der Waals surface area contributed by atoms with Crippen LogP contribution >= 0.6 is 11.8 Å². The van der Waals surface area contributed by atoms with E-state index in [0.29, 0.717) is 34.9 Å². The van der Waals surface area contributed by atoms with Crippen LogP contribution in [-0.4, -0.2) is 41.1 Å². The van der Waals surface area contributed by atoms with E-state index in [1.807, 2.05) is 10.6 Å². The third kappa shape index (κ3) is 5.48. The Balaban J connectivity index is 1.70. The topological polar surface area (TPSA) is 107 Å². The Morgan fingerprint density at radius 3 is 2.69 bits per heavy atom. The van der Waals surface area contributed by atoms with Crippen molar-refractivity contribution in [3.63, 3.8) is 0 Å². The van der Waals surface area contributed by atoms with Crippen molar-refractivity contribution in [2.45, 2.75) is 30.4 Å². The van der Waals surface area contributed by atoms with Crippen LogP contribution in [0.4, 0.5) is 5.69 Å². The highest BCUT2D eigenvalue weighted by atomic mass is 32.2. The zero-order chi connectivity index (χ0) is 21.0. The van der Waals surface area contributed by atoms with Crippen LogP contribution in [0.15, 0.2) is 57.1 Å². The van der Waals surface area contributed by atoms with Crippen LogP contribution in [0.3, 0.4) is 0 Å². The molecule has 1 N–H and O–H groups in total. The van der Waals surface area contributed by atoms with E-state index < -0.39 is 9.84 Å². The Morgan fingerprint density at radius 2 is 2.03 bits per heavy atom. The minimum atomic E-state index is -3.34. The van der Waals surface area contributed by atoms with Gasteiger partial charge >= 0.3 is 0 Å². The molecule has 1 amide bonds. The van der Waals surface area contributed by atoms with Crippen molar-refractivity contribution < 1.29 is 17.6 Å². The summed E-state index contributed by atoms with van der Waals surface area (Å²) in [7, 11) is -3.34. The minimum absolute atomic E-state index is 0.109. The van der Waals surface area contributed by atoms with E-state index in [9.17, 15) is 13.2 Å². The Bertz CT molecular complexity index is 1090. The number of rotatable bonds is 8. The molecular formula is C19H22N4O4S2. The average molecular weight is 435 g/mol. The monoisotopic (exact) mass is 434 g/mol. The van der Waals surface area contributed by atoms with Crippen LogP contribution in [-0.2, 0) is 21.2 Å². The quantitative estimate of drug-likeness (QED) is 0.542. The van der Waals surface area contributed by atoms with Crippen LogP contribution in [0.5, 0.6) is 0 Å². The van der Waals surface area contributed by atoms with Crippen molar-refractivity contribution in [1.29, 1.82) is 0 Å². The normalized spacial score (nSPS) is 11.7. The zero-order valence-corrected chi connectivity index (χ0v) is 18.0. The number of furan rings is 1. The fraction of sp³-hybridized carbons (Fsp3) is 0.316. The maximum Gasteiger partial charge on any atom is 0.234 e. The molecule has 0 atom stereocenters. The van der Waals surface area contributed by atoms with Crippen molar-refractivity contribution in [1.82, 2.24) is 14.8 Å². The molecule has 0 spiro atoms. The maximum absolute atomic E-state index is 12.4. The first-order valence-corrected chi connectivity index (χ1v) is 11.8. The number of thioether (sulfide) groups is 1. The number of benzene rings is 1. The lowest BCUT2D eigenvalue weighted by Gasteiger charge is -2.11. The summed E-state index contributed by atoms with van der Waals surface area (Å²) in [5, 5.41) is 11.8. The smallest absolute Gasteiger partial charge is 0.234 e. The van der Waals surface area contributed by atoms with Crippen LogP contribution in [0, 0.1) is 5.92 Å². The average Bonchev–Trinajstić information content (AvgIpc) is 3.29. The summed E-state index contributed by atoms with van der Waals surface area (Å²) in [6, 6.07) is 9.77. The molecule has 0 radical (unpaired) electrons. The summed E-state index contributed by atoms with van der Waals surface area (Å²) >= 11 is 1.26. The number of amides is 1. The molecule has 2 aromatic heterocycles. The molecule has 3 rings (SSSR count). The molecule has 3 aromatic rings. The van der Waals surface area contributed by atoms with E-state index in [-0.39, 0.29) is 16.6 Å². The predicted octanol–water partition coefficient (Wildman–Crippen LogP) is 3.33. The number of nitrogens with one attached hydrogen (secondary N) is 1. The molecule has 10 heteroatoms. The van der Waals surface area contributed by atoms with Gasteiger partial charge in [0.15, 0.2) is 26.6 Å². The molecule has 0 aliphatic carbocycles. The van der Waals surface area contributed by atoms with E-state index in [1.165, 1.54) is 23.9 Å². The van der Waals surface area contributed by atoms with Crippen molar-refractivity contribution in [3.8, 4) is 11.6 Å². The molecule has 0 fully saturated rings.